The van der Waals surface area contributed by atoms with E-state index >= 15 is 0 Å². The van der Waals surface area contributed by atoms with Crippen LogP contribution in [0.2, 0.25) is 0 Å². The number of amides is 2. The second kappa shape index (κ2) is 7.51. The summed E-state index contributed by atoms with van der Waals surface area (Å²) in [4.78, 5) is 24.9. The van der Waals surface area contributed by atoms with Crippen LogP contribution in [0.3, 0.4) is 0 Å². The highest BCUT2D eigenvalue weighted by Crippen LogP contribution is 2.27. The first-order chi connectivity index (χ1) is 8.60. The first-order valence-electron chi connectivity index (χ1n) is 6.39. The van der Waals surface area contributed by atoms with E-state index in [2.05, 4.69) is 5.32 Å². The Morgan fingerprint density at radius 1 is 1.50 bits per heavy atom. The molecule has 0 aromatic carbocycles. The molecule has 0 unspecified atom stereocenters. The van der Waals surface area contributed by atoms with Gasteiger partial charge in [-0.1, -0.05) is 6.92 Å². The van der Waals surface area contributed by atoms with Gasteiger partial charge in [-0.3, -0.25) is 0 Å². The number of hydrogen-bond acceptors (Lipinski definition) is 3. The Balaban J connectivity index is 2.49. The summed E-state index contributed by atoms with van der Waals surface area (Å²) in [6.07, 6.45) is 5.36. The van der Waals surface area contributed by atoms with Crippen LogP contribution in [0.25, 0.3) is 0 Å². The van der Waals surface area contributed by atoms with Crippen LogP contribution in [0.5, 0.6) is 0 Å². The molecule has 0 saturated heterocycles. The summed E-state index contributed by atoms with van der Waals surface area (Å²) < 4.78 is 0. The Kier molecular flexibility index (Phi) is 6.32. The molecule has 0 bridgehead atoms. The molecule has 0 aromatic heterocycles. The Hall–Kier alpha value is -0.910. The summed E-state index contributed by atoms with van der Waals surface area (Å²) in [5.41, 5.74) is 0. The summed E-state index contributed by atoms with van der Waals surface area (Å²) in [6, 6.07) is -0.684. The molecule has 0 radical (unpaired) electrons. The van der Waals surface area contributed by atoms with Crippen molar-refractivity contribution in [1.29, 1.82) is 0 Å². The second-order valence-electron chi connectivity index (χ2n) is 4.55. The van der Waals surface area contributed by atoms with Crippen molar-refractivity contribution in [2.24, 2.45) is 0 Å². The molecule has 2 amide bonds. The molecule has 1 aliphatic rings. The molecule has 1 saturated carbocycles. The van der Waals surface area contributed by atoms with Crippen molar-refractivity contribution in [1.82, 2.24) is 10.2 Å². The van der Waals surface area contributed by atoms with Crippen molar-refractivity contribution in [2.75, 3.05) is 18.6 Å². The normalized spacial score (nSPS) is 16.1. The first-order valence-corrected chi connectivity index (χ1v) is 7.78. The molecule has 1 atom stereocenters. The van der Waals surface area contributed by atoms with E-state index in [1.165, 1.54) is 0 Å². The molecular weight excluding hydrogens is 252 g/mol. The summed E-state index contributed by atoms with van der Waals surface area (Å²) in [7, 11) is 0. The molecule has 5 nitrogen and oxygen atoms in total. The van der Waals surface area contributed by atoms with Crippen molar-refractivity contribution < 1.29 is 14.7 Å². The van der Waals surface area contributed by atoms with Gasteiger partial charge >= 0.3 is 12.0 Å². The highest BCUT2D eigenvalue weighted by Gasteiger charge is 2.33. The topological polar surface area (TPSA) is 69.6 Å². The lowest BCUT2D eigenvalue weighted by atomic mass is 10.2. The van der Waals surface area contributed by atoms with E-state index in [0.29, 0.717) is 19.0 Å². The summed E-state index contributed by atoms with van der Waals surface area (Å²) in [6.45, 7) is 2.72. The number of urea groups is 1. The number of carboxylic acid groups (broad SMARTS) is 1. The van der Waals surface area contributed by atoms with Crippen LogP contribution in [0.15, 0.2) is 0 Å². The van der Waals surface area contributed by atoms with Crippen molar-refractivity contribution in [3.05, 3.63) is 0 Å². The van der Waals surface area contributed by atoms with E-state index in [1.54, 1.807) is 16.7 Å². The molecular formula is C12H22N2O3S. The van der Waals surface area contributed by atoms with Crippen LogP contribution in [-0.4, -0.2) is 52.6 Å². The van der Waals surface area contributed by atoms with Crippen LogP contribution in [-0.2, 0) is 4.79 Å². The lowest BCUT2D eigenvalue weighted by molar-refractivity contribution is -0.139. The predicted octanol–water partition coefficient (Wildman–Crippen LogP) is 1.78. The fraction of sp³-hybridized carbons (Fsp3) is 0.833. The molecule has 1 fully saturated rings. The van der Waals surface area contributed by atoms with Gasteiger partial charge in [0.2, 0.25) is 0 Å². The van der Waals surface area contributed by atoms with Crippen LogP contribution < -0.4 is 5.32 Å². The summed E-state index contributed by atoms with van der Waals surface area (Å²) >= 11 is 1.58. The maximum atomic E-state index is 12.0. The molecule has 0 aromatic rings. The number of carboxylic acids is 1. The minimum Gasteiger partial charge on any atom is -0.480 e. The third-order valence-corrected chi connectivity index (χ3v) is 3.56. The maximum Gasteiger partial charge on any atom is 0.326 e. The Morgan fingerprint density at radius 3 is 2.61 bits per heavy atom. The molecule has 0 heterocycles. The molecule has 6 heteroatoms. The van der Waals surface area contributed by atoms with E-state index < -0.39 is 12.0 Å². The zero-order valence-electron chi connectivity index (χ0n) is 11.0. The Bertz CT molecular complexity index is 295. The van der Waals surface area contributed by atoms with Gasteiger partial charge in [0, 0.05) is 12.6 Å². The number of rotatable bonds is 8. The monoisotopic (exact) mass is 274 g/mol. The van der Waals surface area contributed by atoms with E-state index in [4.69, 9.17) is 5.11 Å². The number of thioether (sulfide) groups is 1. The maximum absolute atomic E-state index is 12.0. The Morgan fingerprint density at radius 2 is 2.17 bits per heavy atom. The quantitative estimate of drug-likeness (QED) is 0.708. The average molecular weight is 274 g/mol. The van der Waals surface area contributed by atoms with Crippen molar-refractivity contribution in [2.45, 2.75) is 44.7 Å². The highest BCUT2D eigenvalue weighted by atomic mass is 32.2. The zero-order chi connectivity index (χ0) is 13.5. The van der Waals surface area contributed by atoms with Gasteiger partial charge in [0.05, 0.1) is 0 Å². The van der Waals surface area contributed by atoms with Gasteiger partial charge in [-0.15, -0.1) is 0 Å². The van der Waals surface area contributed by atoms with Crippen LogP contribution in [0, 0.1) is 0 Å². The molecule has 1 rings (SSSR count). The molecule has 104 valence electrons. The highest BCUT2D eigenvalue weighted by molar-refractivity contribution is 7.98. The molecule has 2 N–H and O–H groups in total. The van der Waals surface area contributed by atoms with Crippen LogP contribution in [0.1, 0.15) is 32.6 Å². The van der Waals surface area contributed by atoms with Gasteiger partial charge in [0.25, 0.3) is 0 Å². The molecule has 18 heavy (non-hydrogen) atoms. The van der Waals surface area contributed by atoms with Crippen molar-refractivity contribution in [3.8, 4) is 0 Å². The van der Waals surface area contributed by atoms with E-state index in [1.807, 2.05) is 13.2 Å². The number of carbonyl (C=O) groups excluding carboxylic acids is 1. The van der Waals surface area contributed by atoms with Gasteiger partial charge in [-0.25, -0.2) is 9.59 Å². The van der Waals surface area contributed by atoms with Gasteiger partial charge < -0.3 is 15.3 Å². The largest absolute Gasteiger partial charge is 0.480 e. The van der Waals surface area contributed by atoms with E-state index in [0.717, 1.165) is 25.0 Å². The third-order valence-electron chi connectivity index (χ3n) is 2.92. The summed E-state index contributed by atoms with van der Waals surface area (Å²) in [5.74, 6) is -0.223. The fourth-order valence-electron chi connectivity index (χ4n) is 1.80. The smallest absolute Gasteiger partial charge is 0.326 e. The number of aliphatic carboxylic acids is 1. The first kappa shape index (κ1) is 15.1. The fourth-order valence-corrected chi connectivity index (χ4v) is 2.27. The SMILES string of the molecule is CCCN(C(=O)N[C@H](CCSC)C(=O)O)C1CC1. The third kappa shape index (κ3) is 4.76. The number of carbonyl (C=O) groups is 2. The minimum absolute atomic E-state index is 0.229. The lowest BCUT2D eigenvalue weighted by Crippen LogP contribution is -2.49. The molecule has 0 spiro atoms. The van der Waals surface area contributed by atoms with E-state index in [9.17, 15) is 9.59 Å². The van der Waals surface area contributed by atoms with E-state index in [-0.39, 0.29) is 6.03 Å². The lowest BCUT2D eigenvalue weighted by Gasteiger charge is -2.24. The number of hydrogen-bond donors (Lipinski definition) is 2. The predicted molar refractivity (Wildman–Crippen MR) is 73.0 cm³/mol. The standard InChI is InChI=1S/C12H22N2O3S/c1-3-7-14(9-4-5-9)12(17)13-10(11(15)16)6-8-18-2/h9-10H,3-8H2,1-2H3,(H,13,17)(H,15,16)/t10-/m1/s1. The Labute approximate surface area is 112 Å². The molecule has 1 aliphatic carbocycles. The van der Waals surface area contributed by atoms with Gasteiger partial charge in [-0.05, 0) is 37.7 Å². The minimum atomic E-state index is -0.954. The van der Waals surface area contributed by atoms with Crippen LogP contribution >= 0.6 is 11.8 Å². The van der Waals surface area contributed by atoms with Gasteiger partial charge in [-0.2, -0.15) is 11.8 Å². The van der Waals surface area contributed by atoms with Crippen molar-refractivity contribution in [3.63, 3.8) is 0 Å². The molecule has 0 aliphatic heterocycles. The average Bonchev–Trinajstić information content (AvgIpc) is 3.14. The second-order valence-corrected chi connectivity index (χ2v) is 5.53. The van der Waals surface area contributed by atoms with Gasteiger partial charge in [0.1, 0.15) is 6.04 Å². The van der Waals surface area contributed by atoms with Gasteiger partial charge in [0.15, 0.2) is 0 Å². The van der Waals surface area contributed by atoms with Crippen LogP contribution in [0.4, 0.5) is 4.79 Å². The number of nitrogens with one attached hydrogen (secondary N) is 1. The van der Waals surface area contributed by atoms with Crippen molar-refractivity contribution >= 4 is 23.8 Å². The number of nitrogens with zero attached hydrogens (tertiary/aromatic N) is 1. The summed E-state index contributed by atoms with van der Waals surface area (Å²) in [5, 5.41) is 11.7. The zero-order valence-corrected chi connectivity index (χ0v) is 11.8.